The normalized spacial score (nSPS) is 29.1. The summed E-state index contributed by atoms with van der Waals surface area (Å²) in [5.74, 6) is -15.6. The molecule has 0 bridgehead atoms. The van der Waals surface area contributed by atoms with Gasteiger partial charge in [0.05, 0.1) is 35.2 Å². The van der Waals surface area contributed by atoms with Crippen LogP contribution in [0.1, 0.15) is 55.0 Å². The van der Waals surface area contributed by atoms with Gasteiger partial charge in [-0.15, -0.1) is 0 Å². The van der Waals surface area contributed by atoms with E-state index in [0.29, 0.717) is 11.1 Å². The second-order valence-corrected chi connectivity index (χ2v) is 13.0. The zero-order valence-electron chi connectivity index (χ0n) is 26.6. The standard InChI is InChI=1S/C36H33N3O10/c1-15-19-13-14-20(38-35(48)18-11-9-17(10-12-18)27(40)16-7-5-4-6-8-16)28(41)22(19)29(42)23-21(15)30(43)25-26(39(2)3)31(44)24(34(37)47)33(46)36(25,49)32(23)45/h4-15,21,23-26,30,41,43,49H,1-3H3,(H2,37,47)(H,38,48)/t15-,21+,23?,24?,25+,26-,30-,36-/m1/s1. The number of nitrogens with two attached hydrogens (primary N) is 1. The Balaban J connectivity index is 1.33. The number of primary amides is 1. The van der Waals surface area contributed by atoms with Crippen molar-refractivity contribution in [2.24, 2.45) is 29.4 Å². The molecule has 8 atom stereocenters. The monoisotopic (exact) mass is 667 g/mol. The second-order valence-electron chi connectivity index (χ2n) is 13.0. The summed E-state index contributed by atoms with van der Waals surface area (Å²) in [6.07, 6.45) is -1.76. The number of aliphatic hydroxyl groups excluding tert-OH is 1. The predicted octanol–water partition coefficient (Wildman–Crippen LogP) is 0.882. The molecule has 3 aromatic carbocycles. The van der Waals surface area contributed by atoms with E-state index in [1.54, 1.807) is 37.3 Å². The molecule has 2 saturated carbocycles. The van der Waals surface area contributed by atoms with Crippen LogP contribution in [0.25, 0.3) is 0 Å². The number of phenolic OH excluding ortho intramolecular Hbond substituents is 1. The summed E-state index contributed by atoms with van der Waals surface area (Å²) in [5.41, 5.74) is 2.86. The summed E-state index contributed by atoms with van der Waals surface area (Å²) in [5, 5.41) is 37.4. The summed E-state index contributed by atoms with van der Waals surface area (Å²) >= 11 is 0. The fourth-order valence-electron chi connectivity index (χ4n) is 7.81. The highest BCUT2D eigenvalue weighted by molar-refractivity contribution is 6.32. The smallest absolute Gasteiger partial charge is 0.255 e. The Hall–Kier alpha value is -5.37. The molecule has 0 spiro atoms. The fraction of sp³-hybridized carbons (Fsp3) is 0.306. The zero-order chi connectivity index (χ0) is 35.7. The average molecular weight is 668 g/mol. The van der Waals surface area contributed by atoms with Crippen molar-refractivity contribution in [2.75, 3.05) is 19.4 Å². The number of benzene rings is 3. The summed E-state index contributed by atoms with van der Waals surface area (Å²) in [7, 11) is 2.83. The van der Waals surface area contributed by atoms with E-state index < -0.39 is 88.0 Å². The number of carbonyl (C=O) groups is 7. The quantitative estimate of drug-likeness (QED) is 0.141. The van der Waals surface area contributed by atoms with Gasteiger partial charge in [-0.1, -0.05) is 55.5 Å². The Kier molecular flexibility index (Phi) is 8.18. The molecule has 2 amide bonds. The first-order valence-corrected chi connectivity index (χ1v) is 15.5. The number of anilines is 1. The van der Waals surface area contributed by atoms with Crippen molar-refractivity contribution in [2.45, 2.75) is 30.6 Å². The Bertz CT molecular complexity index is 1960. The van der Waals surface area contributed by atoms with Crippen LogP contribution in [0.3, 0.4) is 0 Å². The van der Waals surface area contributed by atoms with Crippen LogP contribution in [0.2, 0.25) is 0 Å². The maximum Gasteiger partial charge on any atom is 0.255 e. The Morgan fingerprint density at radius 3 is 2.04 bits per heavy atom. The Morgan fingerprint density at radius 2 is 1.45 bits per heavy atom. The van der Waals surface area contributed by atoms with Crippen molar-refractivity contribution in [1.82, 2.24) is 4.90 Å². The van der Waals surface area contributed by atoms with Crippen LogP contribution in [0.15, 0.2) is 66.7 Å². The third-order valence-corrected chi connectivity index (χ3v) is 10.2. The van der Waals surface area contributed by atoms with Crippen LogP contribution in [-0.2, 0) is 19.2 Å². The zero-order valence-corrected chi connectivity index (χ0v) is 26.6. The van der Waals surface area contributed by atoms with Crippen LogP contribution in [0.4, 0.5) is 5.69 Å². The van der Waals surface area contributed by atoms with Gasteiger partial charge in [-0.25, -0.2) is 0 Å². The second kappa shape index (κ2) is 11.9. The Labute approximate surface area is 279 Å². The molecule has 252 valence electrons. The van der Waals surface area contributed by atoms with Gasteiger partial charge < -0.3 is 26.4 Å². The summed E-state index contributed by atoms with van der Waals surface area (Å²) in [4.78, 5) is 94.5. The number of aromatic hydroxyl groups is 1. The molecule has 2 fully saturated rings. The van der Waals surface area contributed by atoms with Gasteiger partial charge in [0.15, 0.2) is 40.4 Å². The van der Waals surface area contributed by atoms with E-state index in [2.05, 4.69) is 5.32 Å². The van der Waals surface area contributed by atoms with Gasteiger partial charge in [0.25, 0.3) is 5.91 Å². The highest BCUT2D eigenvalue weighted by atomic mass is 16.3. The first kappa shape index (κ1) is 33.5. The minimum absolute atomic E-state index is 0.130. The van der Waals surface area contributed by atoms with Crippen LogP contribution in [0, 0.1) is 23.7 Å². The Morgan fingerprint density at radius 1 is 0.857 bits per heavy atom. The van der Waals surface area contributed by atoms with Crippen molar-refractivity contribution in [3.8, 4) is 5.75 Å². The molecule has 13 heteroatoms. The molecule has 6 N–H and O–H groups in total. The fourth-order valence-corrected chi connectivity index (χ4v) is 7.81. The summed E-state index contributed by atoms with van der Waals surface area (Å²) < 4.78 is 0. The van der Waals surface area contributed by atoms with Gasteiger partial charge in [-0.05, 0) is 43.8 Å². The van der Waals surface area contributed by atoms with E-state index in [0.717, 1.165) is 0 Å². The van der Waals surface area contributed by atoms with Crippen LogP contribution >= 0.6 is 0 Å². The number of phenols is 1. The van der Waals surface area contributed by atoms with Gasteiger partial charge in [0, 0.05) is 22.6 Å². The minimum atomic E-state index is -3.12. The van der Waals surface area contributed by atoms with Crippen LogP contribution in [0.5, 0.6) is 5.75 Å². The summed E-state index contributed by atoms with van der Waals surface area (Å²) in [6, 6.07) is 15.7. The number of amides is 2. The van der Waals surface area contributed by atoms with Gasteiger partial charge in [0.1, 0.15) is 5.75 Å². The SMILES string of the molecule is C[C@@H]1c2ccc(NC(=O)c3ccc(C(=O)c4ccccc4)cc3)c(O)c2C(=O)C2C(=O)[C@@]3(O)C(=O)C(C(N)=O)C(=O)[C@H](N(C)C)[C@H]3[C@H](O)[C@H]21. The third-order valence-electron chi connectivity index (χ3n) is 10.2. The molecule has 0 aliphatic heterocycles. The number of nitrogens with one attached hydrogen (secondary N) is 1. The van der Waals surface area contributed by atoms with Crippen molar-refractivity contribution >= 4 is 46.4 Å². The lowest BCUT2D eigenvalue weighted by molar-refractivity contribution is -0.196. The van der Waals surface area contributed by atoms with Crippen LogP contribution < -0.4 is 11.1 Å². The number of nitrogens with zero attached hydrogens (tertiary/aromatic N) is 1. The van der Waals surface area contributed by atoms with E-state index in [1.807, 2.05) is 0 Å². The van der Waals surface area contributed by atoms with Gasteiger partial charge in [-0.3, -0.25) is 38.5 Å². The number of fused-ring (bicyclic) bond motifs is 3. The van der Waals surface area contributed by atoms with E-state index in [-0.39, 0.29) is 28.2 Å². The molecule has 3 aliphatic carbocycles. The molecule has 0 radical (unpaired) electrons. The number of carbonyl (C=O) groups excluding carboxylic acids is 7. The van der Waals surface area contributed by atoms with Gasteiger partial charge >= 0.3 is 0 Å². The molecular formula is C36H33N3O10. The lowest BCUT2D eigenvalue weighted by atomic mass is 9.49. The summed E-state index contributed by atoms with van der Waals surface area (Å²) in [6.45, 7) is 1.59. The van der Waals surface area contributed by atoms with Gasteiger partial charge in [0.2, 0.25) is 5.91 Å². The molecular weight excluding hydrogens is 634 g/mol. The highest BCUT2D eigenvalue weighted by Crippen LogP contribution is 2.55. The maximum atomic E-state index is 14.1. The van der Waals surface area contributed by atoms with Crippen LogP contribution in [-0.4, -0.2) is 92.8 Å². The molecule has 0 heterocycles. The molecule has 49 heavy (non-hydrogen) atoms. The molecule has 3 aliphatic rings. The van der Waals surface area contributed by atoms with E-state index in [1.165, 1.54) is 55.4 Å². The third kappa shape index (κ3) is 4.92. The minimum Gasteiger partial charge on any atom is -0.505 e. The number of ketones is 5. The topological polar surface area (TPSA) is 221 Å². The number of Topliss-reactive ketones (excluding diaryl/α,β-unsaturated/α-hetero) is 4. The molecule has 0 aromatic heterocycles. The highest BCUT2D eigenvalue weighted by Gasteiger charge is 2.72. The number of hydrogen-bond donors (Lipinski definition) is 5. The largest absolute Gasteiger partial charge is 0.505 e. The molecule has 13 nitrogen and oxygen atoms in total. The average Bonchev–Trinajstić information content (AvgIpc) is 3.07. The maximum absolute atomic E-state index is 14.1. The van der Waals surface area contributed by atoms with Crippen molar-refractivity contribution in [3.63, 3.8) is 0 Å². The number of rotatable bonds is 6. The van der Waals surface area contributed by atoms with Crippen molar-refractivity contribution in [1.29, 1.82) is 0 Å². The van der Waals surface area contributed by atoms with Crippen molar-refractivity contribution in [3.05, 3.63) is 94.5 Å². The predicted molar refractivity (Wildman–Crippen MR) is 172 cm³/mol. The van der Waals surface area contributed by atoms with Gasteiger partial charge in [-0.2, -0.15) is 0 Å². The molecule has 6 rings (SSSR count). The van der Waals surface area contributed by atoms with E-state index in [9.17, 15) is 48.9 Å². The van der Waals surface area contributed by atoms with E-state index in [4.69, 9.17) is 5.73 Å². The van der Waals surface area contributed by atoms with E-state index >= 15 is 0 Å². The first-order valence-electron chi connectivity index (χ1n) is 15.5. The lowest BCUT2D eigenvalue weighted by Crippen LogP contribution is -2.77. The van der Waals surface area contributed by atoms with Crippen molar-refractivity contribution < 1.29 is 48.9 Å². The number of likely N-dealkylation sites (N-methyl/N-ethyl adjacent to an activating group) is 1. The number of hydrogen-bond acceptors (Lipinski definition) is 11. The number of aliphatic hydroxyl groups is 2. The lowest BCUT2D eigenvalue weighted by Gasteiger charge is -2.56. The first-order chi connectivity index (χ1) is 23.1. The molecule has 3 aromatic rings. The molecule has 2 unspecified atom stereocenters. The molecule has 0 saturated heterocycles.